The van der Waals surface area contributed by atoms with Crippen molar-refractivity contribution in [1.29, 1.82) is 0 Å². The summed E-state index contributed by atoms with van der Waals surface area (Å²) < 4.78 is 10.6. The van der Waals surface area contributed by atoms with Gasteiger partial charge in [0.25, 0.3) is 5.91 Å². The van der Waals surface area contributed by atoms with Crippen LogP contribution in [-0.4, -0.2) is 30.4 Å². The Bertz CT molecular complexity index is 1040. The fourth-order valence-corrected chi connectivity index (χ4v) is 3.53. The Kier molecular flexibility index (Phi) is 9.21. The normalized spacial score (nSPS) is 10.8. The Balaban J connectivity index is 1.32. The zero-order chi connectivity index (χ0) is 22.6. The molecule has 0 unspecified atom stereocenters. The quantitative estimate of drug-likeness (QED) is 0.325. The summed E-state index contributed by atoms with van der Waals surface area (Å²) in [6, 6.07) is 18.1. The molecule has 32 heavy (non-hydrogen) atoms. The maximum absolute atomic E-state index is 11.9. The lowest BCUT2D eigenvalue weighted by Gasteiger charge is -2.06. The van der Waals surface area contributed by atoms with Crippen LogP contribution in [0, 0.1) is 0 Å². The molecule has 0 aliphatic rings. The predicted octanol–water partition coefficient (Wildman–Crippen LogP) is 4.01. The minimum Gasteiger partial charge on any atom is -0.484 e. The summed E-state index contributed by atoms with van der Waals surface area (Å²) in [7, 11) is 0. The molecule has 0 spiro atoms. The predicted molar refractivity (Wildman–Crippen MR) is 126 cm³/mol. The highest BCUT2D eigenvalue weighted by molar-refractivity contribution is 7.99. The molecule has 2 amide bonds. The number of nitrogens with one attached hydrogen (secondary N) is 2. The van der Waals surface area contributed by atoms with Gasteiger partial charge in [-0.1, -0.05) is 23.7 Å². The molecule has 0 saturated heterocycles. The number of hydrogen-bond acceptors (Lipinski definition) is 6. The van der Waals surface area contributed by atoms with Gasteiger partial charge >= 0.3 is 0 Å². The van der Waals surface area contributed by atoms with Crippen molar-refractivity contribution in [2.75, 3.05) is 12.4 Å². The van der Waals surface area contributed by atoms with Crippen molar-refractivity contribution >= 4 is 41.4 Å². The zero-order valence-corrected chi connectivity index (χ0v) is 18.7. The number of rotatable bonds is 11. The van der Waals surface area contributed by atoms with Crippen molar-refractivity contribution in [3.63, 3.8) is 0 Å². The summed E-state index contributed by atoms with van der Waals surface area (Å²) >= 11 is 7.43. The molecular formula is C23H22ClN3O4S. The average Bonchev–Trinajstić information content (AvgIpc) is 3.31. The van der Waals surface area contributed by atoms with Crippen molar-refractivity contribution in [2.24, 2.45) is 5.10 Å². The van der Waals surface area contributed by atoms with Crippen LogP contribution in [0.5, 0.6) is 5.75 Å². The van der Waals surface area contributed by atoms with Crippen LogP contribution in [0.4, 0.5) is 0 Å². The summed E-state index contributed by atoms with van der Waals surface area (Å²) in [4.78, 5) is 23.7. The summed E-state index contributed by atoms with van der Waals surface area (Å²) in [6.45, 7) is 0.215. The van der Waals surface area contributed by atoms with Gasteiger partial charge in [0.15, 0.2) is 6.61 Å². The number of furan rings is 1. The maximum Gasteiger partial charge on any atom is 0.258 e. The van der Waals surface area contributed by atoms with E-state index in [1.807, 2.05) is 24.3 Å². The van der Waals surface area contributed by atoms with E-state index in [1.54, 1.807) is 48.9 Å². The molecule has 0 atom stereocenters. The number of halogens is 1. The summed E-state index contributed by atoms with van der Waals surface area (Å²) in [5.41, 5.74) is 4.35. The van der Waals surface area contributed by atoms with Crippen LogP contribution in [0.15, 0.2) is 76.4 Å². The molecule has 9 heteroatoms. The second-order valence-electron chi connectivity index (χ2n) is 6.63. The Morgan fingerprint density at radius 1 is 1.09 bits per heavy atom. The second-order valence-corrected chi connectivity index (χ2v) is 8.05. The number of carbonyl (C=O) groups is 2. The largest absolute Gasteiger partial charge is 0.484 e. The maximum atomic E-state index is 11.9. The van der Waals surface area contributed by atoms with Crippen molar-refractivity contribution < 1.29 is 18.7 Å². The third kappa shape index (κ3) is 8.49. The van der Waals surface area contributed by atoms with E-state index >= 15 is 0 Å². The molecule has 0 bridgehead atoms. The number of nitrogens with zero attached hydrogens (tertiary/aromatic N) is 1. The fraction of sp³-hybridized carbons (Fsp3) is 0.174. The number of ether oxygens (including phenoxy) is 1. The zero-order valence-electron chi connectivity index (χ0n) is 17.1. The summed E-state index contributed by atoms with van der Waals surface area (Å²) in [5.74, 6) is 1.78. The molecule has 7 nitrogen and oxygen atoms in total. The minimum atomic E-state index is -0.247. The monoisotopic (exact) mass is 471 g/mol. The second kappa shape index (κ2) is 12.6. The summed E-state index contributed by atoms with van der Waals surface area (Å²) in [5, 5.41) is 7.35. The molecule has 0 radical (unpaired) electrons. The van der Waals surface area contributed by atoms with Crippen molar-refractivity contribution in [3.05, 3.63) is 88.8 Å². The fourth-order valence-electron chi connectivity index (χ4n) is 2.55. The first-order valence-electron chi connectivity index (χ1n) is 9.74. The average molecular weight is 472 g/mol. The summed E-state index contributed by atoms with van der Waals surface area (Å²) in [6.07, 6.45) is 3.09. The highest BCUT2D eigenvalue weighted by Gasteiger charge is 2.04. The van der Waals surface area contributed by atoms with Gasteiger partial charge in [-0.05, 0) is 59.7 Å². The molecule has 0 saturated carbocycles. The van der Waals surface area contributed by atoms with Crippen LogP contribution >= 0.6 is 23.4 Å². The van der Waals surface area contributed by atoms with Gasteiger partial charge in [-0.2, -0.15) is 5.10 Å². The van der Waals surface area contributed by atoms with E-state index in [1.165, 1.54) is 11.8 Å². The number of hydrazone groups is 1. The number of hydrogen-bond donors (Lipinski definition) is 2. The number of carbonyl (C=O) groups excluding carboxylic acids is 2. The van der Waals surface area contributed by atoms with E-state index < -0.39 is 0 Å². The molecule has 0 fully saturated rings. The number of amides is 2. The van der Waals surface area contributed by atoms with Crippen molar-refractivity contribution in [1.82, 2.24) is 10.7 Å². The highest BCUT2D eigenvalue weighted by Crippen LogP contribution is 2.16. The van der Waals surface area contributed by atoms with E-state index in [-0.39, 0.29) is 18.4 Å². The highest BCUT2D eigenvalue weighted by atomic mass is 35.5. The lowest BCUT2D eigenvalue weighted by molar-refractivity contribution is -0.123. The van der Waals surface area contributed by atoms with Crippen LogP contribution < -0.4 is 15.5 Å². The molecule has 3 rings (SSSR count). The first-order valence-corrected chi connectivity index (χ1v) is 11.3. The van der Waals surface area contributed by atoms with E-state index in [0.29, 0.717) is 34.6 Å². The molecular weight excluding hydrogens is 450 g/mol. The van der Waals surface area contributed by atoms with Crippen LogP contribution in [-0.2, 0) is 21.9 Å². The van der Waals surface area contributed by atoms with E-state index in [0.717, 1.165) is 11.1 Å². The van der Waals surface area contributed by atoms with Crippen LogP contribution in [0.3, 0.4) is 0 Å². The topological polar surface area (TPSA) is 92.9 Å². The Morgan fingerprint density at radius 2 is 1.94 bits per heavy atom. The Hall–Kier alpha value is -3.23. The molecule has 2 aromatic carbocycles. The van der Waals surface area contributed by atoms with Gasteiger partial charge in [0.1, 0.15) is 11.5 Å². The third-order valence-electron chi connectivity index (χ3n) is 4.08. The van der Waals surface area contributed by atoms with Crippen LogP contribution in [0.1, 0.15) is 16.9 Å². The number of thioether (sulfide) groups is 1. The van der Waals surface area contributed by atoms with Crippen LogP contribution in [0.2, 0.25) is 5.02 Å². The van der Waals surface area contributed by atoms with Crippen molar-refractivity contribution in [3.8, 4) is 5.75 Å². The third-order valence-corrected chi connectivity index (χ3v) is 5.32. The van der Waals surface area contributed by atoms with E-state index in [2.05, 4.69) is 15.8 Å². The van der Waals surface area contributed by atoms with Gasteiger partial charge in [-0.25, -0.2) is 5.43 Å². The van der Waals surface area contributed by atoms with Gasteiger partial charge < -0.3 is 14.5 Å². The first-order chi connectivity index (χ1) is 15.6. The Morgan fingerprint density at radius 3 is 2.69 bits per heavy atom. The van der Waals surface area contributed by atoms with E-state index in [4.69, 9.17) is 20.8 Å². The standard InChI is InChI=1S/C23H22ClN3O4S/c24-19-4-1-3-18(11-19)15-32-16-23(29)27-26-12-17-6-8-20(9-7-17)31-14-22(28)25-13-21-5-2-10-30-21/h1-12H,13-16H2,(H,25,28)(H,27,29)/b26-12-. The van der Waals surface area contributed by atoms with Gasteiger partial charge in [0.2, 0.25) is 5.91 Å². The lowest BCUT2D eigenvalue weighted by Crippen LogP contribution is -2.28. The molecule has 1 aromatic heterocycles. The lowest BCUT2D eigenvalue weighted by atomic mass is 10.2. The molecule has 166 valence electrons. The van der Waals surface area contributed by atoms with Crippen LogP contribution in [0.25, 0.3) is 0 Å². The van der Waals surface area contributed by atoms with Gasteiger partial charge in [0, 0.05) is 10.8 Å². The number of benzene rings is 2. The molecule has 2 N–H and O–H groups in total. The molecule has 1 heterocycles. The van der Waals surface area contributed by atoms with Crippen molar-refractivity contribution in [2.45, 2.75) is 12.3 Å². The van der Waals surface area contributed by atoms with Gasteiger partial charge in [-0.3, -0.25) is 9.59 Å². The van der Waals surface area contributed by atoms with E-state index in [9.17, 15) is 9.59 Å². The SMILES string of the molecule is O=C(COc1ccc(/C=N\NC(=O)CSCc2cccc(Cl)c2)cc1)NCc1ccco1. The Labute approximate surface area is 195 Å². The smallest absolute Gasteiger partial charge is 0.258 e. The minimum absolute atomic E-state index is 0.100. The van der Waals surface area contributed by atoms with Gasteiger partial charge in [0.05, 0.1) is 24.8 Å². The molecule has 0 aliphatic heterocycles. The first kappa shape index (κ1) is 23.4. The van der Waals surface area contributed by atoms with Gasteiger partial charge in [-0.15, -0.1) is 11.8 Å². The molecule has 3 aromatic rings. The molecule has 0 aliphatic carbocycles.